The van der Waals surface area contributed by atoms with Crippen LogP contribution in [0.1, 0.15) is 251 Å². The maximum atomic E-state index is 6.01. The molecule has 0 saturated carbocycles. The molecule has 0 unspecified atom stereocenters. The van der Waals surface area contributed by atoms with Gasteiger partial charge in [-0.15, -0.1) is 0 Å². The van der Waals surface area contributed by atoms with E-state index in [2.05, 4.69) is 269 Å². The number of hydrogen-bond donors (Lipinski definition) is 4. The fourth-order valence-corrected chi connectivity index (χ4v) is 16.9. The minimum absolute atomic E-state index is 0.0128. The molecule has 4 aliphatic rings. The van der Waals surface area contributed by atoms with Crippen molar-refractivity contribution >= 4 is 88.7 Å². The topological polar surface area (TPSA) is 115 Å². The summed E-state index contributed by atoms with van der Waals surface area (Å²) in [6.07, 6.45) is 6.65. The van der Waals surface area contributed by atoms with E-state index in [4.69, 9.17) is 19.9 Å². The maximum Gasteiger partial charge on any atom is 0.0769 e. The van der Waals surface area contributed by atoms with Gasteiger partial charge in [0.25, 0.3) is 0 Å². The third kappa shape index (κ3) is 10.9. The van der Waals surface area contributed by atoms with Crippen LogP contribution in [0.25, 0.3) is 133 Å². The van der Waals surface area contributed by atoms with Gasteiger partial charge < -0.3 is 19.9 Å². The Bertz CT molecular complexity index is 4970. The molecule has 0 radical (unpaired) electrons. The molecule has 0 atom stereocenters. The lowest BCUT2D eigenvalue weighted by atomic mass is 9.86. The lowest BCUT2D eigenvalue weighted by molar-refractivity contribution is 0.590. The minimum Gasteiger partial charge on any atom is -0.354 e. The van der Waals surface area contributed by atoms with Crippen molar-refractivity contribution in [1.82, 2.24) is 39.9 Å². The van der Waals surface area contributed by atoms with Gasteiger partial charge in [-0.05, 0) is 264 Å². The lowest BCUT2D eigenvalue weighted by Gasteiger charge is -2.19. The van der Waals surface area contributed by atoms with Crippen molar-refractivity contribution in [3.05, 3.63) is 198 Å². The second-order valence-corrected chi connectivity index (χ2v) is 30.0. The molecule has 4 aliphatic heterocycles. The van der Waals surface area contributed by atoms with Crippen LogP contribution in [-0.2, 0) is 36.5 Å². The summed E-state index contributed by atoms with van der Waals surface area (Å²) in [6, 6.07) is 37.1. The third-order valence-corrected chi connectivity index (χ3v) is 22.5. The van der Waals surface area contributed by atoms with Crippen molar-refractivity contribution in [1.29, 1.82) is 0 Å². The van der Waals surface area contributed by atoms with Crippen LogP contribution in [0.3, 0.4) is 0 Å². The first-order valence-electron chi connectivity index (χ1n) is 36.6. The second kappa shape index (κ2) is 25.6. The van der Waals surface area contributed by atoms with Crippen molar-refractivity contribution in [3.8, 4) is 44.5 Å². The molecule has 0 spiro atoms. The summed E-state index contributed by atoms with van der Waals surface area (Å²) in [5, 5.41) is 0. The van der Waals surface area contributed by atoms with E-state index in [9.17, 15) is 0 Å². The van der Waals surface area contributed by atoms with E-state index in [-0.39, 0.29) is 10.8 Å². The van der Waals surface area contributed by atoms with Crippen molar-refractivity contribution in [2.45, 2.75) is 215 Å². The van der Waals surface area contributed by atoms with Gasteiger partial charge in [-0.2, -0.15) is 0 Å². The van der Waals surface area contributed by atoms with E-state index in [1.54, 1.807) is 0 Å². The number of aryl methyl sites for hydroxylation is 8. The predicted molar refractivity (Wildman–Crippen MR) is 422 cm³/mol. The van der Waals surface area contributed by atoms with Gasteiger partial charge in [0.1, 0.15) is 0 Å². The molecule has 9 aromatic rings. The van der Waals surface area contributed by atoms with Crippen LogP contribution in [0.15, 0.2) is 97.1 Å². The predicted octanol–water partition coefficient (Wildman–Crippen LogP) is 25.1. The Balaban J connectivity index is 1.19. The monoisotopic (exact) mass is 1290 g/mol. The average Bonchev–Trinajstić information content (AvgIpc) is 1.55. The van der Waals surface area contributed by atoms with Crippen LogP contribution >= 0.6 is 0 Å². The van der Waals surface area contributed by atoms with E-state index in [1.807, 2.05) is 0 Å². The Morgan fingerprint density at radius 3 is 0.755 bits per heavy atom. The molecule has 3 aromatic carbocycles. The molecule has 8 heteroatoms. The zero-order valence-electron chi connectivity index (χ0n) is 62.7. The van der Waals surface area contributed by atoms with Gasteiger partial charge in [-0.3, -0.25) is 0 Å². The number of hydrogen-bond acceptors (Lipinski definition) is 4. The Morgan fingerprint density at radius 2 is 0.531 bits per heavy atom. The highest BCUT2D eigenvalue weighted by Crippen LogP contribution is 2.50. The number of fused-ring (bicyclic) bond motifs is 16. The standard InChI is InChI=1S/C90H102N8/c1-23-59-47(9)81-77(55-35-39-57(40-36-55)89(17,18)19)82-48(10)60(24-2)70(92-82)44-74-64(28-6)52(14)86(96-74)79(85-51(13)63(27-5)73(95-85)43-69(59)91-81)67-33-31-32-34-68(67)80-87-53(15)65(29-7)75(97-87)45-71-61(25-3)49(11)83(93-71)78(56-37-41-58(42-38-56)90(20,21)22)84-50(12)62(26-4)72(94-84)46-76-66(30-8)54(16)88(80)98-76/h31-46,91,93,96,98H,23-30H2,1-22H3. The summed E-state index contributed by atoms with van der Waals surface area (Å²) in [5.41, 5.74) is 47.9. The highest BCUT2D eigenvalue weighted by molar-refractivity contribution is 6.10. The number of allylic oxidation sites excluding steroid dienone is 8. The first-order chi connectivity index (χ1) is 46.8. The molecule has 4 N–H and O–H groups in total. The molecular weight excluding hydrogens is 1190 g/mol. The Kier molecular flexibility index (Phi) is 17.6. The fourth-order valence-electron chi connectivity index (χ4n) is 16.9. The number of H-pyrrole nitrogens is 4. The summed E-state index contributed by atoms with van der Waals surface area (Å²) in [4.78, 5) is 40.3. The van der Waals surface area contributed by atoms with Gasteiger partial charge >= 0.3 is 0 Å². The maximum absolute atomic E-state index is 6.01. The summed E-state index contributed by atoms with van der Waals surface area (Å²) in [5.74, 6) is 0. The molecule has 502 valence electrons. The summed E-state index contributed by atoms with van der Waals surface area (Å²) in [7, 11) is 0. The Morgan fingerprint density at radius 1 is 0.296 bits per heavy atom. The van der Waals surface area contributed by atoms with E-state index in [1.165, 1.54) is 100 Å². The third-order valence-electron chi connectivity index (χ3n) is 22.5. The first-order valence-corrected chi connectivity index (χ1v) is 36.6. The molecule has 0 aliphatic carbocycles. The Labute approximate surface area is 582 Å². The second-order valence-electron chi connectivity index (χ2n) is 30.0. The number of aromatic amines is 4. The molecule has 0 saturated heterocycles. The van der Waals surface area contributed by atoms with Crippen LogP contribution in [-0.4, -0.2) is 39.9 Å². The molecule has 0 amide bonds. The van der Waals surface area contributed by atoms with Crippen molar-refractivity contribution in [2.75, 3.05) is 0 Å². The van der Waals surface area contributed by atoms with E-state index in [0.717, 1.165) is 186 Å². The van der Waals surface area contributed by atoms with Crippen molar-refractivity contribution < 1.29 is 0 Å². The van der Waals surface area contributed by atoms with Gasteiger partial charge in [0.2, 0.25) is 0 Å². The highest BCUT2D eigenvalue weighted by atomic mass is 14.8. The number of nitrogens with one attached hydrogen (secondary N) is 4. The van der Waals surface area contributed by atoms with Gasteiger partial charge in [0, 0.05) is 44.3 Å². The largest absolute Gasteiger partial charge is 0.354 e. The number of benzene rings is 3. The van der Waals surface area contributed by atoms with Crippen LogP contribution < -0.4 is 0 Å². The van der Waals surface area contributed by atoms with Gasteiger partial charge in [0.15, 0.2) is 0 Å². The summed E-state index contributed by atoms with van der Waals surface area (Å²) < 4.78 is 0. The number of nitrogens with zero attached hydrogens (tertiary/aromatic N) is 4. The molecular formula is C90H102N8. The van der Waals surface area contributed by atoms with Crippen molar-refractivity contribution in [2.24, 2.45) is 0 Å². The molecule has 98 heavy (non-hydrogen) atoms. The van der Waals surface area contributed by atoms with Crippen LogP contribution in [0.4, 0.5) is 0 Å². The van der Waals surface area contributed by atoms with E-state index in [0.29, 0.717) is 0 Å². The van der Waals surface area contributed by atoms with E-state index >= 15 is 0 Å². The number of aromatic nitrogens is 8. The van der Waals surface area contributed by atoms with E-state index < -0.39 is 0 Å². The molecule has 8 nitrogen and oxygen atoms in total. The average molecular weight is 1300 g/mol. The summed E-state index contributed by atoms with van der Waals surface area (Å²) in [6.45, 7) is 50.5. The normalized spacial score (nSPS) is 13.8. The smallest absolute Gasteiger partial charge is 0.0769 e. The lowest BCUT2D eigenvalue weighted by Crippen LogP contribution is -2.10. The van der Waals surface area contributed by atoms with Gasteiger partial charge in [0.05, 0.1) is 67.6 Å². The SMILES string of the molecule is CCC1=C(C)c2nc1cc1[nH]c(c(C)c1CC)c(-c1ccccc1-c1c3nc(cc4[nH]c(c(C)c4CC)c(-c4ccc(C(C)(C)C)cc4)c4nc(cc5[nH]c1c(C)c5CC)C(CC)=C4C)C(CC)=C3C)c1nc(cc3[nH]c(c(C)c3CC)c2-c2ccc(C(C)(C)C)cc2)C(CC)=C1C. The Hall–Kier alpha value is -9.14. The van der Waals surface area contributed by atoms with Crippen LogP contribution in [0, 0.1) is 27.7 Å². The summed E-state index contributed by atoms with van der Waals surface area (Å²) >= 11 is 0. The zero-order chi connectivity index (χ0) is 69.9. The first kappa shape index (κ1) is 67.4. The van der Waals surface area contributed by atoms with Gasteiger partial charge in [-0.1, -0.05) is 170 Å². The molecule has 6 aromatic heterocycles. The molecule has 16 bridgehead atoms. The molecule has 0 fully saturated rings. The minimum atomic E-state index is 0.0128. The van der Waals surface area contributed by atoms with Crippen molar-refractivity contribution in [3.63, 3.8) is 0 Å². The van der Waals surface area contributed by atoms with Crippen LogP contribution in [0.2, 0.25) is 0 Å². The van der Waals surface area contributed by atoms with Crippen LogP contribution in [0.5, 0.6) is 0 Å². The number of rotatable bonds is 12. The fraction of sp³-hybridized carbons (Fsp3) is 0.356. The molecule has 10 heterocycles. The zero-order valence-corrected chi connectivity index (χ0v) is 62.7. The highest BCUT2D eigenvalue weighted by Gasteiger charge is 2.32. The molecule has 13 rings (SSSR count). The quantitative estimate of drug-likeness (QED) is 0.0975. The van der Waals surface area contributed by atoms with Gasteiger partial charge in [-0.25, -0.2) is 19.9 Å².